The standard InChI is InChI=1S/C21H34O5/c1-3-4-9-13-21(2,26)14-12-17-16(18(22)15-19(17)23)10-7-5-6-8-11-20(24)25/h5,7,12,14,16-18,22,26H,3-4,6,8-11,13,15H2,1-2H3,(H,24,25)/b7-5-,14-12+. The van der Waals surface area contributed by atoms with E-state index in [2.05, 4.69) is 6.92 Å². The van der Waals surface area contributed by atoms with E-state index in [-0.39, 0.29) is 30.5 Å². The van der Waals surface area contributed by atoms with Gasteiger partial charge in [-0.15, -0.1) is 0 Å². The summed E-state index contributed by atoms with van der Waals surface area (Å²) in [5, 5.41) is 29.2. The molecule has 148 valence electrons. The second-order valence-electron chi connectivity index (χ2n) is 7.59. The molecule has 3 N–H and O–H groups in total. The molecule has 0 bridgehead atoms. The molecule has 1 rings (SSSR count). The van der Waals surface area contributed by atoms with Crippen molar-refractivity contribution in [3.63, 3.8) is 0 Å². The van der Waals surface area contributed by atoms with Gasteiger partial charge in [-0.05, 0) is 32.6 Å². The van der Waals surface area contributed by atoms with Crippen LogP contribution in [-0.2, 0) is 9.59 Å². The van der Waals surface area contributed by atoms with Gasteiger partial charge in [0.15, 0.2) is 0 Å². The minimum absolute atomic E-state index is 0.0161. The molecule has 0 saturated heterocycles. The fourth-order valence-electron chi connectivity index (χ4n) is 3.39. The van der Waals surface area contributed by atoms with Gasteiger partial charge in [0.05, 0.1) is 11.7 Å². The average Bonchev–Trinajstić information content (AvgIpc) is 2.82. The monoisotopic (exact) mass is 366 g/mol. The second kappa shape index (κ2) is 11.3. The predicted molar refractivity (Wildman–Crippen MR) is 102 cm³/mol. The van der Waals surface area contributed by atoms with Crippen LogP contribution >= 0.6 is 0 Å². The van der Waals surface area contributed by atoms with Gasteiger partial charge in [0, 0.05) is 24.7 Å². The number of carboxylic acids is 1. The Morgan fingerprint density at radius 2 is 2.00 bits per heavy atom. The van der Waals surface area contributed by atoms with E-state index in [1.807, 2.05) is 12.2 Å². The highest BCUT2D eigenvalue weighted by Crippen LogP contribution is 2.34. The molecule has 1 saturated carbocycles. The van der Waals surface area contributed by atoms with Gasteiger partial charge in [-0.1, -0.05) is 50.5 Å². The van der Waals surface area contributed by atoms with Crippen molar-refractivity contribution in [1.29, 1.82) is 0 Å². The number of hydrogen-bond acceptors (Lipinski definition) is 4. The van der Waals surface area contributed by atoms with Crippen molar-refractivity contribution in [2.45, 2.75) is 83.3 Å². The van der Waals surface area contributed by atoms with E-state index in [9.17, 15) is 19.8 Å². The fourth-order valence-corrected chi connectivity index (χ4v) is 3.39. The molecule has 1 aliphatic carbocycles. The average molecular weight is 366 g/mol. The van der Waals surface area contributed by atoms with Gasteiger partial charge < -0.3 is 15.3 Å². The van der Waals surface area contributed by atoms with E-state index in [0.717, 1.165) is 19.3 Å². The molecular formula is C21H34O5. The van der Waals surface area contributed by atoms with E-state index in [1.165, 1.54) is 0 Å². The van der Waals surface area contributed by atoms with E-state index in [0.29, 0.717) is 25.7 Å². The highest BCUT2D eigenvalue weighted by atomic mass is 16.4. The van der Waals surface area contributed by atoms with Gasteiger partial charge in [-0.25, -0.2) is 0 Å². The zero-order valence-corrected chi connectivity index (χ0v) is 16.1. The maximum atomic E-state index is 12.2. The van der Waals surface area contributed by atoms with E-state index < -0.39 is 17.7 Å². The van der Waals surface area contributed by atoms with Gasteiger partial charge in [0.25, 0.3) is 0 Å². The molecule has 5 nitrogen and oxygen atoms in total. The van der Waals surface area contributed by atoms with E-state index in [1.54, 1.807) is 19.1 Å². The number of rotatable bonds is 12. The van der Waals surface area contributed by atoms with Crippen LogP contribution in [0.3, 0.4) is 0 Å². The lowest BCUT2D eigenvalue weighted by Crippen LogP contribution is -2.23. The Morgan fingerprint density at radius 1 is 1.27 bits per heavy atom. The maximum absolute atomic E-state index is 12.2. The van der Waals surface area contributed by atoms with Gasteiger partial charge in [0.1, 0.15) is 5.78 Å². The summed E-state index contributed by atoms with van der Waals surface area (Å²) in [6, 6.07) is 0. The number of Topliss-reactive ketones (excluding diaryl/α,β-unsaturated/α-hetero) is 1. The summed E-state index contributed by atoms with van der Waals surface area (Å²) < 4.78 is 0. The van der Waals surface area contributed by atoms with Crippen LogP contribution in [0.1, 0.15) is 71.6 Å². The van der Waals surface area contributed by atoms with Crippen LogP contribution in [-0.4, -0.2) is 38.8 Å². The van der Waals surface area contributed by atoms with Crippen molar-refractivity contribution in [2.24, 2.45) is 11.8 Å². The van der Waals surface area contributed by atoms with Crippen molar-refractivity contribution in [3.05, 3.63) is 24.3 Å². The lowest BCUT2D eigenvalue weighted by atomic mass is 9.88. The van der Waals surface area contributed by atoms with Crippen molar-refractivity contribution in [3.8, 4) is 0 Å². The summed E-state index contributed by atoms with van der Waals surface area (Å²) in [4.78, 5) is 22.7. The van der Waals surface area contributed by atoms with Gasteiger partial charge in [-0.2, -0.15) is 0 Å². The number of aliphatic hydroxyl groups excluding tert-OH is 1. The Bertz CT molecular complexity index is 507. The summed E-state index contributed by atoms with van der Waals surface area (Å²) in [6.45, 7) is 3.87. The summed E-state index contributed by atoms with van der Waals surface area (Å²) in [6.07, 6.45) is 12.6. The lowest BCUT2D eigenvalue weighted by molar-refractivity contribution is -0.137. The molecular weight excluding hydrogens is 332 g/mol. The molecule has 4 unspecified atom stereocenters. The van der Waals surface area contributed by atoms with Crippen molar-refractivity contribution >= 4 is 11.8 Å². The van der Waals surface area contributed by atoms with Gasteiger partial charge in [-0.3, -0.25) is 9.59 Å². The number of carbonyl (C=O) groups excluding carboxylic acids is 1. The third kappa shape index (κ3) is 8.28. The molecule has 0 spiro atoms. The van der Waals surface area contributed by atoms with Crippen molar-refractivity contribution in [1.82, 2.24) is 0 Å². The SMILES string of the molecule is CCCCCC(C)(O)/C=C/C1C(=O)CC(O)C1C/C=C\CCCC(=O)O. The molecule has 0 aromatic carbocycles. The largest absolute Gasteiger partial charge is 0.481 e. The van der Waals surface area contributed by atoms with Crippen LogP contribution in [0.25, 0.3) is 0 Å². The van der Waals surface area contributed by atoms with Gasteiger partial charge >= 0.3 is 5.97 Å². The normalized spacial score (nSPS) is 26.0. The molecule has 0 radical (unpaired) electrons. The van der Waals surface area contributed by atoms with Crippen LogP contribution in [0.5, 0.6) is 0 Å². The first-order valence-corrected chi connectivity index (χ1v) is 9.76. The van der Waals surface area contributed by atoms with Gasteiger partial charge in [0.2, 0.25) is 0 Å². The smallest absolute Gasteiger partial charge is 0.303 e. The van der Waals surface area contributed by atoms with E-state index >= 15 is 0 Å². The Balaban J connectivity index is 2.58. The molecule has 26 heavy (non-hydrogen) atoms. The topological polar surface area (TPSA) is 94.8 Å². The van der Waals surface area contributed by atoms with Crippen LogP contribution < -0.4 is 0 Å². The first-order valence-electron chi connectivity index (χ1n) is 9.76. The number of ketones is 1. The molecule has 1 fully saturated rings. The number of carboxylic acid groups (broad SMARTS) is 1. The summed E-state index contributed by atoms with van der Waals surface area (Å²) >= 11 is 0. The summed E-state index contributed by atoms with van der Waals surface area (Å²) in [5.41, 5.74) is -0.930. The number of aliphatic carboxylic acids is 1. The minimum Gasteiger partial charge on any atom is -0.481 e. The summed E-state index contributed by atoms with van der Waals surface area (Å²) in [5.74, 6) is -1.33. The third-order valence-corrected chi connectivity index (χ3v) is 5.02. The first-order chi connectivity index (χ1) is 12.3. The van der Waals surface area contributed by atoms with Crippen LogP contribution in [0.2, 0.25) is 0 Å². The number of allylic oxidation sites excluding steroid dienone is 3. The first kappa shape index (κ1) is 22.6. The fraction of sp³-hybridized carbons (Fsp3) is 0.714. The second-order valence-corrected chi connectivity index (χ2v) is 7.59. The Labute approximate surface area is 156 Å². The number of carbonyl (C=O) groups is 2. The van der Waals surface area contributed by atoms with Crippen LogP contribution in [0.15, 0.2) is 24.3 Å². The number of hydrogen-bond donors (Lipinski definition) is 3. The Morgan fingerprint density at radius 3 is 2.65 bits per heavy atom. The lowest BCUT2D eigenvalue weighted by Gasteiger charge is -2.21. The van der Waals surface area contributed by atoms with Crippen LogP contribution in [0, 0.1) is 11.8 Å². The number of unbranched alkanes of at least 4 members (excludes halogenated alkanes) is 3. The molecule has 5 heteroatoms. The Hall–Kier alpha value is -1.46. The Kier molecular flexibility index (Phi) is 9.81. The van der Waals surface area contributed by atoms with Crippen LogP contribution in [0.4, 0.5) is 0 Å². The molecule has 0 heterocycles. The summed E-state index contributed by atoms with van der Waals surface area (Å²) in [7, 11) is 0. The molecule has 4 atom stereocenters. The highest BCUT2D eigenvalue weighted by molar-refractivity contribution is 5.86. The zero-order chi connectivity index (χ0) is 19.6. The maximum Gasteiger partial charge on any atom is 0.303 e. The number of aliphatic hydroxyl groups is 2. The molecule has 0 aliphatic heterocycles. The molecule has 1 aliphatic rings. The predicted octanol–water partition coefficient (Wildman–Crippen LogP) is 3.64. The highest BCUT2D eigenvalue weighted by Gasteiger charge is 2.39. The van der Waals surface area contributed by atoms with Crippen molar-refractivity contribution in [2.75, 3.05) is 0 Å². The molecule has 0 amide bonds. The minimum atomic E-state index is -0.930. The molecule has 0 aromatic rings. The van der Waals surface area contributed by atoms with Crippen molar-refractivity contribution < 1.29 is 24.9 Å². The third-order valence-electron chi connectivity index (χ3n) is 5.02. The molecule has 0 aromatic heterocycles. The zero-order valence-electron chi connectivity index (χ0n) is 16.1. The quantitative estimate of drug-likeness (QED) is 0.362. The van der Waals surface area contributed by atoms with E-state index in [4.69, 9.17) is 5.11 Å².